The van der Waals surface area contributed by atoms with Gasteiger partial charge in [-0.2, -0.15) is 11.8 Å². The molecule has 98 valence electrons. The van der Waals surface area contributed by atoms with Crippen LogP contribution in [0.25, 0.3) is 0 Å². The molecule has 5 heteroatoms. The number of thioether (sulfide) groups is 1. The topological polar surface area (TPSA) is 63.6 Å². The minimum absolute atomic E-state index is 0.280. The van der Waals surface area contributed by atoms with Crippen molar-refractivity contribution in [2.45, 2.75) is 19.4 Å². The Morgan fingerprint density at radius 3 is 2.56 bits per heavy atom. The largest absolute Gasteiger partial charge is 0.478 e. The fourth-order valence-electron chi connectivity index (χ4n) is 1.26. The predicted octanol–water partition coefficient (Wildman–Crippen LogP) is 2.44. The number of ether oxygens (including phenoxy) is 1. The van der Waals surface area contributed by atoms with Crippen molar-refractivity contribution in [1.82, 2.24) is 0 Å². The molecule has 0 bridgehead atoms. The first-order valence-electron chi connectivity index (χ1n) is 5.71. The van der Waals surface area contributed by atoms with Gasteiger partial charge < -0.3 is 9.84 Å². The highest BCUT2D eigenvalue weighted by atomic mass is 32.2. The zero-order valence-corrected chi connectivity index (χ0v) is 11.0. The second-order valence-electron chi connectivity index (χ2n) is 3.67. The molecule has 0 spiro atoms. The summed E-state index contributed by atoms with van der Waals surface area (Å²) in [5.41, 5.74) is 0.365. The second-order valence-corrected chi connectivity index (χ2v) is 4.82. The number of rotatable bonds is 7. The molecule has 0 aliphatic carbocycles. The standard InChI is InChI=1S/C13H16O4S/c1-2-8-18-9-11(12(14)15)17-13(16)10-6-4-3-5-7-10/h3-7,11H,2,8-9H2,1H3,(H,14,15). The van der Waals surface area contributed by atoms with Crippen molar-refractivity contribution in [1.29, 1.82) is 0 Å². The Balaban J connectivity index is 2.55. The molecule has 0 aliphatic rings. The molecule has 0 radical (unpaired) electrons. The summed E-state index contributed by atoms with van der Waals surface area (Å²) in [5.74, 6) is -0.572. The third-order valence-corrected chi connectivity index (χ3v) is 3.39. The highest BCUT2D eigenvalue weighted by molar-refractivity contribution is 7.99. The molecule has 0 aromatic heterocycles. The van der Waals surface area contributed by atoms with E-state index in [4.69, 9.17) is 9.84 Å². The van der Waals surface area contributed by atoms with Gasteiger partial charge >= 0.3 is 11.9 Å². The Labute approximate surface area is 110 Å². The van der Waals surface area contributed by atoms with Crippen molar-refractivity contribution in [3.63, 3.8) is 0 Å². The molecule has 4 nitrogen and oxygen atoms in total. The third-order valence-electron chi connectivity index (χ3n) is 2.15. The lowest BCUT2D eigenvalue weighted by Gasteiger charge is -2.13. The van der Waals surface area contributed by atoms with Crippen LogP contribution in [0.2, 0.25) is 0 Å². The van der Waals surface area contributed by atoms with Gasteiger partial charge in [-0.25, -0.2) is 9.59 Å². The fourth-order valence-corrected chi connectivity index (χ4v) is 2.14. The lowest BCUT2D eigenvalue weighted by Crippen LogP contribution is -2.29. The highest BCUT2D eigenvalue weighted by Crippen LogP contribution is 2.10. The van der Waals surface area contributed by atoms with Gasteiger partial charge in [0.15, 0.2) is 0 Å². The van der Waals surface area contributed by atoms with E-state index in [1.54, 1.807) is 30.3 Å². The zero-order chi connectivity index (χ0) is 13.4. The van der Waals surface area contributed by atoms with E-state index < -0.39 is 18.0 Å². The molecule has 0 heterocycles. The molecule has 1 N–H and O–H groups in total. The molecule has 0 fully saturated rings. The van der Waals surface area contributed by atoms with Gasteiger partial charge in [-0.1, -0.05) is 25.1 Å². The van der Waals surface area contributed by atoms with Gasteiger partial charge in [-0.15, -0.1) is 0 Å². The highest BCUT2D eigenvalue weighted by Gasteiger charge is 2.22. The Kier molecular flexibility index (Phi) is 6.28. The van der Waals surface area contributed by atoms with Crippen LogP contribution in [-0.4, -0.2) is 34.7 Å². The van der Waals surface area contributed by atoms with Gasteiger partial charge in [-0.05, 0) is 24.3 Å². The van der Waals surface area contributed by atoms with E-state index in [9.17, 15) is 9.59 Å². The number of carboxylic acid groups (broad SMARTS) is 1. The summed E-state index contributed by atoms with van der Waals surface area (Å²) in [5, 5.41) is 8.98. The Morgan fingerprint density at radius 1 is 1.33 bits per heavy atom. The number of aliphatic carboxylic acids is 1. The minimum Gasteiger partial charge on any atom is -0.478 e. The van der Waals surface area contributed by atoms with Gasteiger partial charge in [0, 0.05) is 5.75 Å². The maximum atomic E-state index is 11.7. The van der Waals surface area contributed by atoms with E-state index in [0.717, 1.165) is 12.2 Å². The van der Waals surface area contributed by atoms with E-state index in [1.807, 2.05) is 6.92 Å². The summed E-state index contributed by atoms with van der Waals surface area (Å²) < 4.78 is 4.99. The normalized spacial score (nSPS) is 11.8. The SMILES string of the molecule is CCCSCC(OC(=O)c1ccccc1)C(=O)O. The summed E-state index contributed by atoms with van der Waals surface area (Å²) in [6.07, 6.45) is -0.127. The smallest absolute Gasteiger partial charge is 0.345 e. The number of hydrogen-bond donors (Lipinski definition) is 1. The van der Waals surface area contributed by atoms with Crippen LogP contribution in [0.5, 0.6) is 0 Å². The fraction of sp³-hybridized carbons (Fsp3) is 0.385. The quantitative estimate of drug-likeness (QED) is 0.608. The number of benzene rings is 1. The summed E-state index contributed by atoms with van der Waals surface area (Å²) in [6, 6.07) is 8.39. The van der Waals surface area contributed by atoms with Crippen LogP contribution in [0.15, 0.2) is 30.3 Å². The van der Waals surface area contributed by atoms with Crippen LogP contribution in [0.4, 0.5) is 0 Å². The molecule has 0 saturated heterocycles. The number of carboxylic acids is 1. The Bertz CT molecular complexity index is 391. The molecule has 0 aliphatic heterocycles. The first-order valence-corrected chi connectivity index (χ1v) is 6.87. The molecular formula is C13H16O4S. The minimum atomic E-state index is -1.11. The molecule has 1 aromatic rings. The molecule has 18 heavy (non-hydrogen) atoms. The van der Waals surface area contributed by atoms with Crippen molar-refractivity contribution >= 4 is 23.7 Å². The van der Waals surface area contributed by atoms with Crippen LogP contribution in [0.1, 0.15) is 23.7 Å². The molecule has 0 saturated carbocycles. The van der Waals surface area contributed by atoms with Crippen molar-refractivity contribution < 1.29 is 19.4 Å². The van der Waals surface area contributed by atoms with Crippen molar-refractivity contribution in [3.05, 3.63) is 35.9 Å². The molecule has 0 amide bonds. The predicted molar refractivity (Wildman–Crippen MR) is 70.9 cm³/mol. The number of carbonyl (C=O) groups is 2. The molecule has 1 atom stereocenters. The van der Waals surface area contributed by atoms with Crippen molar-refractivity contribution in [3.8, 4) is 0 Å². The van der Waals surface area contributed by atoms with Crippen LogP contribution >= 0.6 is 11.8 Å². The maximum Gasteiger partial charge on any atom is 0.345 e. The van der Waals surface area contributed by atoms with Crippen molar-refractivity contribution in [2.24, 2.45) is 0 Å². The zero-order valence-electron chi connectivity index (χ0n) is 10.2. The summed E-state index contributed by atoms with van der Waals surface area (Å²) in [6.45, 7) is 2.01. The first-order chi connectivity index (χ1) is 8.65. The van der Waals surface area contributed by atoms with Crippen molar-refractivity contribution in [2.75, 3.05) is 11.5 Å². The molecule has 1 rings (SSSR count). The molecule has 1 unspecified atom stereocenters. The van der Waals surface area contributed by atoms with E-state index >= 15 is 0 Å². The third kappa shape index (κ3) is 4.79. The van der Waals surface area contributed by atoms with E-state index in [-0.39, 0.29) is 5.75 Å². The van der Waals surface area contributed by atoms with E-state index in [2.05, 4.69) is 0 Å². The van der Waals surface area contributed by atoms with E-state index in [1.165, 1.54) is 11.8 Å². The number of esters is 1. The number of carbonyl (C=O) groups excluding carboxylic acids is 1. The summed E-state index contributed by atoms with van der Waals surface area (Å²) in [7, 11) is 0. The molecule has 1 aromatic carbocycles. The Hall–Kier alpha value is -1.49. The maximum absolute atomic E-state index is 11.7. The van der Waals surface area contributed by atoms with Crippen LogP contribution in [0, 0.1) is 0 Å². The summed E-state index contributed by atoms with van der Waals surface area (Å²) >= 11 is 1.47. The van der Waals surface area contributed by atoms with Gasteiger partial charge in [0.1, 0.15) is 0 Å². The monoisotopic (exact) mass is 268 g/mol. The van der Waals surface area contributed by atoms with Gasteiger partial charge in [0.05, 0.1) is 5.56 Å². The van der Waals surface area contributed by atoms with Gasteiger partial charge in [-0.3, -0.25) is 0 Å². The number of hydrogen-bond acceptors (Lipinski definition) is 4. The summed E-state index contributed by atoms with van der Waals surface area (Å²) in [4.78, 5) is 22.7. The lowest BCUT2D eigenvalue weighted by atomic mass is 10.2. The average molecular weight is 268 g/mol. The van der Waals surface area contributed by atoms with Crippen LogP contribution < -0.4 is 0 Å². The second kappa shape index (κ2) is 7.76. The van der Waals surface area contributed by atoms with Crippen LogP contribution in [-0.2, 0) is 9.53 Å². The average Bonchev–Trinajstić information content (AvgIpc) is 2.38. The van der Waals surface area contributed by atoms with E-state index in [0.29, 0.717) is 5.56 Å². The van der Waals surface area contributed by atoms with Gasteiger partial charge in [0.25, 0.3) is 0 Å². The Morgan fingerprint density at radius 2 is 2.00 bits per heavy atom. The van der Waals surface area contributed by atoms with Crippen LogP contribution in [0.3, 0.4) is 0 Å². The first kappa shape index (κ1) is 14.6. The lowest BCUT2D eigenvalue weighted by molar-refractivity contribution is -0.145. The molecular weight excluding hydrogens is 252 g/mol. The van der Waals surface area contributed by atoms with Gasteiger partial charge in [0.2, 0.25) is 6.10 Å².